The maximum atomic E-state index is 12.7. The highest BCUT2D eigenvalue weighted by molar-refractivity contribution is 5.95. The van der Waals surface area contributed by atoms with E-state index in [1.807, 2.05) is 30.9 Å². The molecule has 0 spiro atoms. The van der Waals surface area contributed by atoms with Gasteiger partial charge in [-0.05, 0) is 45.2 Å². The van der Waals surface area contributed by atoms with Crippen molar-refractivity contribution in [1.29, 1.82) is 0 Å². The van der Waals surface area contributed by atoms with Crippen LogP contribution in [-0.4, -0.2) is 78.4 Å². The number of benzene rings is 1. The summed E-state index contributed by atoms with van der Waals surface area (Å²) in [5.41, 5.74) is 3.16. The van der Waals surface area contributed by atoms with Gasteiger partial charge in [0.15, 0.2) is 0 Å². The van der Waals surface area contributed by atoms with E-state index in [9.17, 15) is 9.59 Å². The number of hydrogen-bond donors (Lipinski definition) is 1. The Hall–Kier alpha value is -1.92. The number of nitrogens with zero attached hydrogens (tertiary/aromatic N) is 3. The summed E-state index contributed by atoms with van der Waals surface area (Å²) in [5, 5.41) is 3.06. The van der Waals surface area contributed by atoms with Gasteiger partial charge in [-0.25, -0.2) is 0 Å². The molecule has 0 aromatic heterocycles. The van der Waals surface area contributed by atoms with Crippen molar-refractivity contribution in [3.05, 3.63) is 29.3 Å². The molecule has 1 aromatic carbocycles. The number of rotatable bonds is 5. The number of aryl methyl sites for hydroxylation is 2. The van der Waals surface area contributed by atoms with Crippen LogP contribution in [0.1, 0.15) is 30.9 Å². The number of carbonyl (C=O) groups is 2. The predicted octanol–water partition coefficient (Wildman–Crippen LogP) is 1.87. The van der Waals surface area contributed by atoms with E-state index in [2.05, 4.69) is 28.1 Å². The first-order valence-electron chi connectivity index (χ1n) is 10.1. The Bertz CT molecular complexity index is 677. The number of amides is 2. The molecule has 3 rings (SSSR count). The third kappa shape index (κ3) is 5.08. The molecule has 0 aliphatic carbocycles. The highest BCUT2D eigenvalue weighted by atomic mass is 16.2. The van der Waals surface area contributed by atoms with Crippen LogP contribution in [0.5, 0.6) is 0 Å². The number of nitrogens with one attached hydrogen (secondary N) is 1. The van der Waals surface area contributed by atoms with Gasteiger partial charge in [0.2, 0.25) is 11.8 Å². The molecule has 2 fully saturated rings. The van der Waals surface area contributed by atoms with E-state index in [-0.39, 0.29) is 17.9 Å². The minimum Gasteiger partial charge on any atom is -0.342 e. The fourth-order valence-corrected chi connectivity index (χ4v) is 3.92. The van der Waals surface area contributed by atoms with E-state index in [0.717, 1.165) is 63.4 Å². The lowest BCUT2D eigenvalue weighted by Crippen LogP contribution is -2.54. The van der Waals surface area contributed by atoms with Crippen molar-refractivity contribution in [2.75, 3.05) is 51.1 Å². The summed E-state index contributed by atoms with van der Waals surface area (Å²) in [7, 11) is 0. The third-order valence-electron chi connectivity index (χ3n) is 5.79. The van der Waals surface area contributed by atoms with Gasteiger partial charge >= 0.3 is 0 Å². The Labute approximate surface area is 162 Å². The molecule has 1 N–H and O–H groups in total. The zero-order chi connectivity index (χ0) is 19.4. The van der Waals surface area contributed by atoms with Crippen molar-refractivity contribution in [2.45, 2.75) is 39.7 Å². The molecule has 2 aliphatic heterocycles. The van der Waals surface area contributed by atoms with Gasteiger partial charge in [-0.1, -0.05) is 17.7 Å². The lowest BCUT2D eigenvalue weighted by atomic mass is 10.1. The maximum Gasteiger partial charge on any atom is 0.241 e. The van der Waals surface area contributed by atoms with E-state index < -0.39 is 0 Å². The van der Waals surface area contributed by atoms with E-state index in [0.29, 0.717) is 6.54 Å². The second kappa shape index (κ2) is 8.85. The molecule has 6 heteroatoms. The van der Waals surface area contributed by atoms with E-state index in [4.69, 9.17) is 0 Å². The molecule has 2 aliphatic rings. The summed E-state index contributed by atoms with van der Waals surface area (Å²) < 4.78 is 0. The van der Waals surface area contributed by atoms with Crippen LogP contribution in [0.4, 0.5) is 5.69 Å². The van der Waals surface area contributed by atoms with Crippen molar-refractivity contribution in [3.8, 4) is 0 Å². The Kier molecular flexibility index (Phi) is 6.50. The van der Waals surface area contributed by atoms with E-state index >= 15 is 0 Å². The van der Waals surface area contributed by atoms with Gasteiger partial charge in [0.1, 0.15) is 0 Å². The molecule has 27 heavy (non-hydrogen) atoms. The van der Waals surface area contributed by atoms with Crippen LogP contribution < -0.4 is 5.32 Å². The van der Waals surface area contributed by atoms with Crippen LogP contribution >= 0.6 is 0 Å². The van der Waals surface area contributed by atoms with Gasteiger partial charge in [0, 0.05) is 45.0 Å². The second-order valence-corrected chi connectivity index (χ2v) is 7.88. The number of piperazine rings is 1. The van der Waals surface area contributed by atoms with E-state index in [1.165, 1.54) is 5.56 Å². The van der Waals surface area contributed by atoms with Crippen LogP contribution in [0.2, 0.25) is 0 Å². The molecule has 0 unspecified atom stereocenters. The summed E-state index contributed by atoms with van der Waals surface area (Å²) >= 11 is 0. The molecule has 148 valence electrons. The van der Waals surface area contributed by atoms with Crippen molar-refractivity contribution >= 4 is 17.5 Å². The minimum atomic E-state index is -0.179. The number of hydrogen-bond acceptors (Lipinski definition) is 4. The first-order chi connectivity index (χ1) is 12.9. The molecule has 2 saturated heterocycles. The van der Waals surface area contributed by atoms with Crippen molar-refractivity contribution in [1.82, 2.24) is 14.7 Å². The zero-order valence-electron chi connectivity index (χ0n) is 16.8. The Morgan fingerprint density at radius 2 is 1.70 bits per heavy atom. The maximum absolute atomic E-state index is 12.7. The minimum absolute atomic E-state index is 0.0311. The summed E-state index contributed by atoms with van der Waals surface area (Å²) in [6, 6.07) is 5.89. The zero-order valence-corrected chi connectivity index (χ0v) is 16.8. The first-order valence-corrected chi connectivity index (χ1v) is 10.1. The fourth-order valence-electron chi connectivity index (χ4n) is 3.92. The fraction of sp³-hybridized carbons (Fsp3) is 0.619. The highest BCUT2D eigenvalue weighted by Gasteiger charge is 2.28. The molecule has 0 bridgehead atoms. The smallest absolute Gasteiger partial charge is 0.241 e. The van der Waals surface area contributed by atoms with Gasteiger partial charge < -0.3 is 10.2 Å². The Balaban J connectivity index is 1.46. The van der Waals surface area contributed by atoms with Crippen molar-refractivity contribution < 1.29 is 9.59 Å². The quantitative estimate of drug-likeness (QED) is 0.857. The number of likely N-dealkylation sites (tertiary alicyclic amines) is 1. The molecule has 1 aromatic rings. The standard InChI is InChI=1S/C21H32N4O2/c1-16-6-7-19(17(2)14-16)22-21(27)18(3)24-12-10-23(11-13-24)15-20(26)25-8-4-5-9-25/h6-7,14,18H,4-5,8-13,15H2,1-3H3,(H,22,27)/t18-/m0/s1. The average Bonchev–Trinajstić information content (AvgIpc) is 3.19. The monoisotopic (exact) mass is 372 g/mol. The van der Waals surface area contributed by atoms with Gasteiger partial charge in [-0.3, -0.25) is 19.4 Å². The van der Waals surface area contributed by atoms with Gasteiger partial charge in [-0.2, -0.15) is 0 Å². The molecule has 2 heterocycles. The van der Waals surface area contributed by atoms with Crippen LogP contribution in [0.3, 0.4) is 0 Å². The molecule has 6 nitrogen and oxygen atoms in total. The summed E-state index contributed by atoms with van der Waals surface area (Å²) in [6.07, 6.45) is 2.26. The molecule has 2 amide bonds. The molecule has 0 saturated carbocycles. The average molecular weight is 373 g/mol. The summed E-state index contributed by atoms with van der Waals surface area (Å²) in [4.78, 5) is 31.4. The van der Waals surface area contributed by atoms with Crippen LogP contribution in [0, 0.1) is 13.8 Å². The molecular formula is C21H32N4O2. The normalized spacial score (nSPS) is 19.9. The topological polar surface area (TPSA) is 55.9 Å². The molecule has 1 atom stereocenters. The lowest BCUT2D eigenvalue weighted by Gasteiger charge is -2.37. The van der Waals surface area contributed by atoms with Gasteiger partial charge in [-0.15, -0.1) is 0 Å². The Morgan fingerprint density at radius 1 is 1.04 bits per heavy atom. The SMILES string of the molecule is Cc1ccc(NC(=O)[C@H](C)N2CCN(CC(=O)N3CCCC3)CC2)c(C)c1. The van der Waals surface area contributed by atoms with Crippen LogP contribution in [0.15, 0.2) is 18.2 Å². The molecular weight excluding hydrogens is 340 g/mol. The summed E-state index contributed by atoms with van der Waals surface area (Å²) in [6.45, 7) is 11.7. The van der Waals surface area contributed by atoms with Crippen molar-refractivity contribution in [3.63, 3.8) is 0 Å². The van der Waals surface area contributed by atoms with Crippen LogP contribution in [0.25, 0.3) is 0 Å². The first kappa shape index (κ1) is 19.8. The molecule has 0 radical (unpaired) electrons. The van der Waals surface area contributed by atoms with Gasteiger partial charge in [0.25, 0.3) is 0 Å². The van der Waals surface area contributed by atoms with Gasteiger partial charge in [0.05, 0.1) is 12.6 Å². The van der Waals surface area contributed by atoms with Crippen molar-refractivity contribution in [2.24, 2.45) is 0 Å². The predicted molar refractivity (Wildman–Crippen MR) is 108 cm³/mol. The number of anilines is 1. The Morgan fingerprint density at radius 3 is 2.33 bits per heavy atom. The second-order valence-electron chi connectivity index (χ2n) is 7.88. The largest absolute Gasteiger partial charge is 0.342 e. The summed E-state index contributed by atoms with van der Waals surface area (Å²) in [5.74, 6) is 0.283. The number of carbonyl (C=O) groups excluding carboxylic acids is 2. The third-order valence-corrected chi connectivity index (χ3v) is 5.79. The van der Waals surface area contributed by atoms with E-state index in [1.54, 1.807) is 0 Å². The lowest BCUT2D eigenvalue weighted by molar-refractivity contribution is -0.132. The van der Waals surface area contributed by atoms with Crippen LogP contribution in [-0.2, 0) is 9.59 Å². The highest BCUT2D eigenvalue weighted by Crippen LogP contribution is 2.17.